The number of nitrogens with zero attached hydrogens (tertiary/aromatic N) is 2. The Hall–Kier alpha value is -1.51. The van der Waals surface area contributed by atoms with Crippen molar-refractivity contribution in [2.24, 2.45) is 0 Å². The first-order chi connectivity index (χ1) is 7.30. The van der Waals surface area contributed by atoms with Crippen LogP contribution in [0.3, 0.4) is 0 Å². The van der Waals surface area contributed by atoms with E-state index in [0.29, 0.717) is 0 Å². The van der Waals surface area contributed by atoms with Gasteiger partial charge in [0.15, 0.2) is 11.8 Å². The molecular weight excluding hydrogens is 200 g/mol. The third-order valence-corrected chi connectivity index (χ3v) is 2.34. The Balaban J connectivity index is 2.92. The summed E-state index contributed by atoms with van der Waals surface area (Å²) in [6, 6.07) is 7.91. The molecule has 0 N–H and O–H groups in total. The highest BCUT2D eigenvalue weighted by Crippen LogP contribution is 2.12. The highest BCUT2D eigenvalue weighted by molar-refractivity contribution is 5.76. The smallest absolute Gasteiger partial charge is 0.182 e. The lowest BCUT2D eigenvalue weighted by Gasteiger charge is -2.18. The van der Waals surface area contributed by atoms with Gasteiger partial charge in [-0.05, 0) is 24.3 Å². The first-order valence-corrected chi connectivity index (χ1v) is 5.39. The van der Waals surface area contributed by atoms with Crippen LogP contribution in [0.15, 0.2) is 24.3 Å². The van der Waals surface area contributed by atoms with E-state index in [4.69, 9.17) is 0 Å². The van der Waals surface area contributed by atoms with Crippen LogP contribution in [0.1, 0.15) is 26.3 Å². The lowest BCUT2D eigenvalue weighted by molar-refractivity contribution is -0.530. The van der Waals surface area contributed by atoms with Gasteiger partial charge in [-0.1, -0.05) is 0 Å². The number of hydrogen-bond acceptors (Lipinski definition) is 2. The van der Waals surface area contributed by atoms with E-state index in [2.05, 4.69) is 0 Å². The van der Waals surface area contributed by atoms with Gasteiger partial charge in [-0.15, -0.1) is 0 Å². The molecule has 0 aliphatic rings. The molecule has 0 spiro atoms. The maximum Gasteiger partial charge on any atom is 0.182 e. The van der Waals surface area contributed by atoms with Gasteiger partial charge in [0.25, 0.3) is 0 Å². The van der Waals surface area contributed by atoms with Crippen molar-refractivity contribution in [3.63, 3.8) is 0 Å². The van der Waals surface area contributed by atoms with Crippen molar-refractivity contribution in [2.45, 2.75) is 26.3 Å². The second-order valence-corrected chi connectivity index (χ2v) is 5.11. The molecule has 0 aliphatic carbocycles. The molecule has 1 aromatic carbocycles. The van der Waals surface area contributed by atoms with Gasteiger partial charge in [0.2, 0.25) is 0 Å². The molecule has 0 saturated heterocycles. The van der Waals surface area contributed by atoms with Crippen molar-refractivity contribution in [1.29, 1.82) is 0 Å². The zero-order valence-corrected chi connectivity index (χ0v) is 10.7. The van der Waals surface area contributed by atoms with E-state index in [1.54, 1.807) is 6.21 Å². The molecule has 0 radical (unpaired) electrons. The fourth-order valence-electron chi connectivity index (χ4n) is 1.19. The van der Waals surface area contributed by atoms with Crippen LogP contribution in [-0.4, -0.2) is 30.6 Å². The summed E-state index contributed by atoms with van der Waals surface area (Å²) in [5.74, 6) is 0. The molecule has 0 aliphatic heterocycles. The summed E-state index contributed by atoms with van der Waals surface area (Å²) < 4.78 is 0.984. The molecule has 0 aromatic heterocycles. The maximum atomic E-state index is 11.7. The Morgan fingerprint density at radius 2 is 1.62 bits per heavy atom. The van der Waals surface area contributed by atoms with E-state index in [1.165, 1.54) is 0 Å². The monoisotopic (exact) mass is 220 g/mol. The SMILES string of the molecule is CN(C)c1ccc(/C=[N+](/[O-])C(C)(C)C)cc1. The molecule has 1 aromatic rings. The van der Waals surface area contributed by atoms with Crippen molar-refractivity contribution in [1.82, 2.24) is 0 Å². The van der Waals surface area contributed by atoms with Crippen molar-refractivity contribution in [2.75, 3.05) is 19.0 Å². The van der Waals surface area contributed by atoms with Crippen LogP contribution in [0, 0.1) is 5.21 Å². The normalized spacial score (nSPS) is 12.7. The van der Waals surface area contributed by atoms with Crippen molar-refractivity contribution in [3.05, 3.63) is 35.0 Å². The van der Waals surface area contributed by atoms with E-state index in [0.717, 1.165) is 16.0 Å². The van der Waals surface area contributed by atoms with Gasteiger partial charge in [-0.25, -0.2) is 4.74 Å². The summed E-state index contributed by atoms with van der Waals surface area (Å²) in [6.45, 7) is 5.68. The lowest BCUT2D eigenvalue weighted by Crippen LogP contribution is -2.29. The zero-order chi connectivity index (χ0) is 12.3. The molecule has 0 heterocycles. The van der Waals surface area contributed by atoms with Gasteiger partial charge < -0.3 is 10.1 Å². The summed E-state index contributed by atoms with van der Waals surface area (Å²) in [5, 5.41) is 11.7. The number of rotatable bonds is 2. The fourth-order valence-corrected chi connectivity index (χ4v) is 1.19. The van der Waals surface area contributed by atoms with Gasteiger partial charge in [0.1, 0.15) is 0 Å². The van der Waals surface area contributed by atoms with E-state index in [-0.39, 0.29) is 5.54 Å². The Morgan fingerprint density at radius 1 is 1.12 bits per heavy atom. The summed E-state index contributed by atoms with van der Waals surface area (Å²) in [6.07, 6.45) is 1.62. The highest BCUT2D eigenvalue weighted by atomic mass is 16.5. The quantitative estimate of drug-likeness (QED) is 0.331. The highest BCUT2D eigenvalue weighted by Gasteiger charge is 2.17. The van der Waals surface area contributed by atoms with Crippen LogP contribution in [0.4, 0.5) is 5.69 Å². The van der Waals surface area contributed by atoms with Crippen LogP contribution < -0.4 is 4.90 Å². The third-order valence-electron chi connectivity index (χ3n) is 2.34. The molecule has 16 heavy (non-hydrogen) atoms. The molecule has 88 valence electrons. The Labute approximate surface area is 97.6 Å². The first-order valence-electron chi connectivity index (χ1n) is 5.39. The average Bonchev–Trinajstić information content (AvgIpc) is 2.17. The van der Waals surface area contributed by atoms with Gasteiger partial charge in [-0.2, -0.15) is 0 Å². The van der Waals surface area contributed by atoms with Crippen LogP contribution in [0.25, 0.3) is 0 Å². The number of anilines is 1. The number of hydrogen-bond donors (Lipinski definition) is 0. The maximum absolute atomic E-state index is 11.7. The molecule has 0 amide bonds. The van der Waals surface area contributed by atoms with Crippen LogP contribution >= 0.6 is 0 Å². The summed E-state index contributed by atoms with van der Waals surface area (Å²) in [7, 11) is 3.99. The second-order valence-electron chi connectivity index (χ2n) is 5.11. The summed E-state index contributed by atoms with van der Waals surface area (Å²) in [5.41, 5.74) is 1.67. The molecule has 0 bridgehead atoms. The van der Waals surface area contributed by atoms with Crippen LogP contribution in [-0.2, 0) is 0 Å². The molecule has 3 nitrogen and oxygen atoms in total. The first kappa shape index (κ1) is 12.6. The van der Waals surface area contributed by atoms with E-state index in [9.17, 15) is 5.21 Å². The molecule has 1 rings (SSSR count). The summed E-state index contributed by atoms with van der Waals surface area (Å²) in [4.78, 5) is 2.03. The topological polar surface area (TPSA) is 29.3 Å². The minimum absolute atomic E-state index is 0.389. The summed E-state index contributed by atoms with van der Waals surface area (Å²) >= 11 is 0. The molecule has 0 atom stereocenters. The minimum atomic E-state index is -0.389. The van der Waals surface area contributed by atoms with E-state index < -0.39 is 0 Å². The van der Waals surface area contributed by atoms with Gasteiger partial charge in [0, 0.05) is 46.1 Å². The van der Waals surface area contributed by atoms with Crippen molar-refractivity contribution >= 4 is 11.9 Å². The van der Waals surface area contributed by atoms with Gasteiger partial charge in [-0.3, -0.25) is 0 Å². The predicted octanol–water partition coefficient (Wildman–Crippen LogP) is 2.48. The fraction of sp³-hybridized carbons (Fsp3) is 0.462. The third kappa shape index (κ3) is 3.26. The number of hydroxylamine groups is 1. The van der Waals surface area contributed by atoms with Crippen molar-refractivity contribution in [3.8, 4) is 0 Å². The van der Waals surface area contributed by atoms with Crippen LogP contribution in [0.2, 0.25) is 0 Å². The minimum Gasteiger partial charge on any atom is -0.623 e. The molecular formula is C13H20N2O. The predicted molar refractivity (Wildman–Crippen MR) is 69.3 cm³/mol. The van der Waals surface area contributed by atoms with E-state index in [1.807, 2.05) is 64.0 Å². The molecule has 3 heteroatoms. The Bertz CT molecular complexity index is 372. The standard InChI is InChI=1S/C13H20N2O/c1-13(2,3)15(16)10-11-6-8-12(9-7-11)14(4)5/h6-10H,1-5H3/b15-10+. The number of benzene rings is 1. The largest absolute Gasteiger partial charge is 0.623 e. The van der Waals surface area contributed by atoms with Crippen LogP contribution in [0.5, 0.6) is 0 Å². The molecule has 0 saturated carbocycles. The van der Waals surface area contributed by atoms with Crippen molar-refractivity contribution < 1.29 is 4.74 Å². The molecule has 0 unspecified atom stereocenters. The Morgan fingerprint density at radius 3 is 2.00 bits per heavy atom. The van der Waals surface area contributed by atoms with Gasteiger partial charge >= 0.3 is 0 Å². The lowest BCUT2D eigenvalue weighted by atomic mass is 10.1. The van der Waals surface area contributed by atoms with Gasteiger partial charge in [0.05, 0.1) is 0 Å². The van der Waals surface area contributed by atoms with E-state index >= 15 is 0 Å². The Kier molecular flexibility index (Phi) is 3.58. The average molecular weight is 220 g/mol. The molecule has 0 fully saturated rings. The zero-order valence-electron chi connectivity index (χ0n) is 10.7. The second kappa shape index (κ2) is 4.56.